The van der Waals surface area contributed by atoms with Gasteiger partial charge in [-0.3, -0.25) is 0 Å². The predicted octanol–water partition coefficient (Wildman–Crippen LogP) is 5.76. The van der Waals surface area contributed by atoms with E-state index in [1.54, 1.807) is 21.3 Å². The Morgan fingerprint density at radius 2 is 0.900 bits per heavy atom. The molecule has 0 atom stereocenters. The molecule has 3 aromatic carbocycles. The van der Waals surface area contributed by atoms with Crippen molar-refractivity contribution in [3.05, 3.63) is 87.5 Å². The van der Waals surface area contributed by atoms with Crippen molar-refractivity contribution < 1.29 is 18.5 Å². The van der Waals surface area contributed by atoms with Gasteiger partial charge < -0.3 is 30.2 Å². The number of hydrogen-bond donors (Lipinski definition) is 3. The maximum atomic E-state index is 6.10. The molecule has 0 heterocycles. The summed E-state index contributed by atoms with van der Waals surface area (Å²) in [5.74, 6) is 2.74. The highest BCUT2D eigenvalue weighted by Crippen LogP contribution is 2.34. The summed E-state index contributed by atoms with van der Waals surface area (Å²) < 4.78 is 17.6. The van der Waals surface area contributed by atoms with E-state index < -0.39 is 0 Å². The third-order valence-electron chi connectivity index (χ3n) is 6.95. The first-order valence-corrected chi connectivity index (χ1v) is 13.5. The van der Waals surface area contributed by atoms with E-state index in [0.717, 1.165) is 69.0 Å². The largest absolute Gasteiger partial charge is 0.496 e. The zero-order valence-corrected chi connectivity index (χ0v) is 26.4. The molecule has 228 valence electrons. The lowest BCUT2D eigenvalue weighted by molar-refractivity contribution is 0.400. The molecule has 0 aliphatic carbocycles. The topological polar surface area (TPSA) is 63.8 Å². The molecule has 0 fully saturated rings. The number of methoxy groups -OCH3 is 3. The molecule has 0 aliphatic rings. The van der Waals surface area contributed by atoms with Crippen LogP contribution >= 0.6 is 24.8 Å². The van der Waals surface area contributed by atoms with Gasteiger partial charge in [-0.05, 0) is 111 Å². The molecule has 0 radical (unpaired) electrons. The Balaban J connectivity index is -0.00000320. The number of halogens is 2. The molecule has 8 heteroatoms. The average Bonchev–Trinajstić information content (AvgIpc) is 2.94. The van der Waals surface area contributed by atoms with Crippen molar-refractivity contribution in [2.75, 3.05) is 62.1 Å². The quantitative estimate of drug-likeness (QED) is 0.195. The minimum Gasteiger partial charge on any atom is -0.496 e. The van der Waals surface area contributed by atoms with E-state index in [2.05, 4.69) is 64.5 Å². The molecule has 0 unspecified atom stereocenters. The molecular formula is C32H53Cl2N3O3. The van der Waals surface area contributed by atoms with Gasteiger partial charge in [0.05, 0.1) is 21.3 Å². The monoisotopic (exact) mass is 597 g/mol. The molecular weight excluding hydrogens is 545 g/mol. The molecule has 0 aliphatic heterocycles. The van der Waals surface area contributed by atoms with Gasteiger partial charge in [-0.1, -0.05) is 36.4 Å². The third-order valence-corrected chi connectivity index (χ3v) is 6.95. The summed E-state index contributed by atoms with van der Waals surface area (Å²) in [7, 11) is 11.2. The minimum absolute atomic E-state index is 0. The zero-order chi connectivity index (χ0) is 27.3. The van der Waals surface area contributed by atoms with E-state index in [9.17, 15) is 0 Å². The van der Waals surface area contributed by atoms with Gasteiger partial charge in [0.1, 0.15) is 17.2 Å². The van der Waals surface area contributed by atoms with Crippen molar-refractivity contribution in [2.24, 2.45) is 0 Å². The van der Waals surface area contributed by atoms with Crippen LogP contribution in [0.2, 0.25) is 0 Å². The number of hydrogen-bond acceptors (Lipinski definition) is 6. The fourth-order valence-electron chi connectivity index (χ4n) is 4.97. The second-order valence-electron chi connectivity index (χ2n) is 9.65. The zero-order valence-electron chi connectivity index (χ0n) is 24.8. The van der Waals surface area contributed by atoms with Crippen molar-refractivity contribution >= 4 is 24.8 Å². The summed E-state index contributed by atoms with van der Waals surface area (Å²) in [6.45, 7) is 2.79. The van der Waals surface area contributed by atoms with Crippen molar-refractivity contribution in [3.63, 3.8) is 0 Å². The van der Waals surface area contributed by atoms with Gasteiger partial charge in [-0.2, -0.15) is 0 Å². The van der Waals surface area contributed by atoms with Crippen LogP contribution in [0.15, 0.2) is 48.5 Å². The van der Waals surface area contributed by atoms with Crippen molar-refractivity contribution in [1.82, 2.24) is 16.0 Å². The summed E-state index contributed by atoms with van der Waals surface area (Å²) in [6.07, 6.45) is 4.36. The van der Waals surface area contributed by atoms with Gasteiger partial charge >= 0.3 is 0 Å². The molecule has 3 aromatic rings. The summed E-state index contributed by atoms with van der Waals surface area (Å²) in [4.78, 5) is 0. The molecule has 3 rings (SSSR count). The van der Waals surface area contributed by atoms with Gasteiger partial charge in [-0.15, -0.1) is 24.8 Å². The van der Waals surface area contributed by atoms with Gasteiger partial charge in [0.25, 0.3) is 0 Å². The van der Waals surface area contributed by atoms with Crippen LogP contribution in [-0.2, 0) is 32.1 Å². The Labute approximate surface area is 257 Å². The van der Waals surface area contributed by atoms with Gasteiger partial charge in [0.15, 0.2) is 0 Å². The van der Waals surface area contributed by atoms with Crippen molar-refractivity contribution in [2.45, 2.75) is 32.1 Å². The lowest BCUT2D eigenvalue weighted by Gasteiger charge is -2.19. The number of benzene rings is 3. The second kappa shape index (κ2) is 18.8. The van der Waals surface area contributed by atoms with Crippen LogP contribution in [0, 0.1) is 0 Å². The van der Waals surface area contributed by atoms with Crippen LogP contribution in [0.4, 0.5) is 0 Å². The van der Waals surface area contributed by atoms with Crippen molar-refractivity contribution in [3.8, 4) is 17.2 Å². The van der Waals surface area contributed by atoms with Gasteiger partial charge in [0, 0.05) is 17.1 Å². The Hall–Kier alpha value is -2.48. The maximum Gasteiger partial charge on any atom is 0.125 e. The van der Waals surface area contributed by atoms with E-state index in [0.29, 0.717) is 0 Å². The van der Waals surface area contributed by atoms with Crippen LogP contribution in [-0.4, -0.2) is 62.1 Å². The van der Waals surface area contributed by atoms with Gasteiger partial charge in [-0.25, -0.2) is 0 Å². The molecule has 3 N–H and O–H groups in total. The van der Waals surface area contributed by atoms with Crippen molar-refractivity contribution in [1.29, 1.82) is 0 Å². The first-order valence-electron chi connectivity index (χ1n) is 13.5. The summed E-state index contributed by atoms with van der Waals surface area (Å²) in [5, 5.41) is 9.78. The van der Waals surface area contributed by atoms with E-state index in [1.807, 2.05) is 21.1 Å². The number of ether oxygens (including phenoxy) is 3. The average molecular weight is 599 g/mol. The molecule has 0 spiro atoms. The fourth-order valence-corrected chi connectivity index (χ4v) is 4.97. The minimum atomic E-state index is 0. The number of nitrogens with one attached hydrogen (secondary N) is 3. The second-order valence-corrected chi connectivity index (χ2v) is 9.65. The fraction of sp³-hybridized carbons (Fsp3) is 0.438. The normalized spacial score (nSPS) is 10.4. The molecule has 0 bridgehead atoms. The third kappa shape index (κ3) is 9.86. The first kappa shape index (κ1) is 35.5. The first-order chi connectivity index (χ1) is 18.6. The highest BCUT2D eigenvalue weighted by Gasteiger charge is 2.17. The smallest absolute Gasteiger partial charge is 0.125 e. The number of rotatable bonds is 16. The van der Waals surface area contributed by atoms with E-state index in [4.69, 9.17) is 14.2 Å². The van der Waals surface area contributed by atoms with Crippen LogP contribution in [0.25, 0.3) is 0 Å². The Kier molecular flexibility index (Phi) is 16.7. The summed E-state index contributed by atoms with van der Waals surface area (Å²) >= 11 is 0. The molecule has 40 heavy (non-hydrogen) atoms. The van der Waals surface area contributed by atoms with Crippen LogP contribution in [0.3, 0.4) is 0 Å². The van der Waals surface area contributed by atoms with E-state index >= 15 is 0 Å². The van der Waals surface area contributed by atoms with E-state index in [-0.39, 0.29) is 29.1 Å². The highest BCUT2D eigenvalue weighted by molar-refractivity contribution is 5.85. The Morgan fingerprint density at radius 1 is 0.525 bits per heavy atom. The van der Waals surface area contributed by atoms with Crippen LogP contribution in [0.5, 0.6) is 17.2 Å². The lowest BCUT2D eigenvalue weighted by atomic mass is 9.92. The highest BCUT2D eigenvalue weighted by atomic mass is 35.5. The Morgan fingerprint density at radius 3 is 1.25 bits per heavy atom. The number of likely N-dealkylation sites (N-methyl/N-ethyl adjacent to an activating group) is 3. The van der Waals surface area contributed by atoms with Crippen LogP contribution in [0.1, 0.15) is 43.2 Å². The lowest BCUT2D eigenvalue weighted by Crippen LogP contribution is -2.12. The molecule has 6 nitrogen and oxygen atoms in total. The van der Waals surface area contributed by atoms with Gasteiger partial charge in [0.2, 0.25) is 0 Å². The summed E-state index contributed by atoms with van der Waals surface area (Å²) in [6, 6.07) is 17.6. The standard InChI is InChI=1S/C32H45N3O3.2ClH.3H2/c1-33-14-11-23-7-9-30(36-4)26(17-23)21-28-19-25(13-16-35-3)20-29(32(28)38-6)22-27-18-24(12-15-34-2)8-10-31(27)37-5;;;;;/h7-10,17-20,33-35H,11-16,21-22H2,1-6H3;5*1H. The molecule has 0 amide bonds. The molecule has 0 saturated carbocycles. The predicted molar refractivity (Wildman–Crippen MR) is 178 cm³/mol. The molecule has 0 saturated heterocycles. The molecule has 0 aromatic heterocycles. The Bertz CT molecular complexity index is 1110. The summed E-state index contributed by atoms with van der Waals surface area (Å²) in [5.41, 5.74) is 8.56. The van der Waals surface area contributed by atoms with E-state index in [1.165, 1.54) is 38.9 Å². The SMILES string of the molecule is CNCCc1ccc(OC)c(Cc2cc(CCNC)cc(Cc3cc(CCNC)ccc3OC)c2OC)c1.Cl.Cl.[HH].[HH].[HH]. The maximum absolute atomic E-state index is 6.10. The van der Waals surface area contributed by atoms with Crippen LogP contribution < -0.4 is 30.2 Å².